The second-order valence-corrected chi connectivity index (χ2v) is 6.38. The quantitative estimate of drug-likeness (QED) is 0.546. The Kier molecular flexibility index (Phi) is 4.30. The molecule has 0 atom stereocenters. The number of aryl methyl sites for hydroxylation is 1. The molecular weight excluding hydrogens is 334 g/mol. The van der Waals surface area contributed by atoms with E-state index in [1.54, 1.807) is 0 Å². The maximum Gasteiger partial charge on any atom is 0.247 e. The van der Waals surface area contributed by atoms with Crippen LogP contribution in [0.5, 0.6) is 0 Å². The molecule has 0 spiro atoms. The molecule has 0 aliphatic carbocycles. The fraction of sp³-hybridized carbons (Fsp3) is 0.111. The zero-order valence-corrected chi connectivity index (χ0v) is 14.3. The van der Waals surface area contributed by atoms with E-state index in [2.05, 4.69) is 25.4 Å². The van der Waals surface area contributed by atoms with Crippen LogP contribution in [0.25, 0.3) is 22.8 Å². The van der Waals surface area contributed by atoms with Crippen LogP contribution in [0.4, 0.5) is 0 Å². The number of H-pyrrole nitrogens is 1. The summed E-state index contributed by atoms with van der Waals surface area (Å²) >= 11 is 1.45. The third-order valence-electron chi connectivity index (χ3n) is 3.68. The van der Waals surface area contributed by atoms with Gasteiger partial charge in [0, 0.05) is 11.1 Å². The molecule has 0 bridgehead atoms. The highest BCUT2D eigenvalue weighted by Gasteiger charge is 2.12. The molecule has 4 rings (SSSR count). The molecule has 0 aliphatic rings. The Bertz CT molecular complexity index is 980. The maximum atomic E-state index is 5.69. The molecule has 0 saturated carbocycles. The lowest BCUT2D eigenvalue weighted by atomic mass is 10.1. The molecule has 2 heterocycles. The highest BCUT2D eigenvalue weighted by Crippen LogP contribution is 2.25. The lowest BCUT2D eigenvalue weighted by Gasteiger charge is -1.99. The van der Waals surface area contributed by atoms with Crippen LogP contribution in [0.15, 0.2) is 64.2 Å². The smallest absolute Gasteiger partial charge is 0.247 e. The molecule has 2 aromatic heterocycles. The number of hydrogen-bond acceptors (Lipinski definition) is 6. The molecule has 0 amide bonds. The molecule has 0 fully saturated rings. The number of aromatic amines is 1. The average Bonchev–Trinajstić information content (AvgIpc) is 3.31. The van der Waals surface area contributed by atoms with E-state index in [0.717, 1.165) is 22.5 Å². The Hall–Kier alpha value is -2.93. The van der Waals surface area contributed by atoms with Gasteiger partial charge in [0.25, 0.3) is 0 Å². The van der Waals surface area contributed by atoms with Crippen LogP contribution in [0.2, 0.25) is 0 Å². The molecule has 1 N–H and O–H groups in total. The van der Waals surface area contributed by atoms with Crippen LogP contribution in [-0.2, 0) is 5.75 Å². The molecule has 0 saturated heterocycles. The van der Waals surface area contributed by atoms with Crippen molar-refractivity contribution in [3.8, 4) is 22.8 Å². The lowest BCUT2D eigenvalue weighted by molar-refractivity contribution is 0.528. The minimum atomic E-state index is 0.519. The van der Waals surface area contributed by atoms with Gasteiger partial charge in [0.2, 0.25) is 16.9 Å². The second-order valence-electron chi connectivity index (χ2n) is 5.44. The van der Waals surface area contributed by atoms with E-state index < -0.39 is 0 Å². The van der Waals surface area contributed by atoms with Crippen LogP contribution in [0, 0.1) is 6.92 Å². The SMILES string of the molecule is Cc1ccccc1-c1nc(SCc2nnc(-c3ccccc3)o2)n[nH]1. The summed E-state index contributed by atoms with van der Waals surface area (Å²) in [5, 5.41) is 16.1. The molecule has 6 nitrogen and oxygen atoms in total. The van der Waals surface area contributed by atoms with Gasteiger partial charge in [-0.2, -0.15) is 0 Å². The van der Waals surface area contributed by atoms with Gasteiger partial charge in [0.15, 0.2) is 5.82 Å². The number of thioether (sulfide) groups is 1. The van der Waals surface area contributed by atoms with Gasteiger partial charge < -0.3 is 4.42 Å². The molecular formula is C18H15N5OS. The van der Waals surface area contributed by atoms with Crippen LogP contribution in [0.3, 0.4) is 0 Å². The predicted molar refractivity (Wildman–Crippen MR) is 95.9 cm³/mol. The van der Waals surface area contributed by atoms with Gasteiger partial charge in [-0.3, -0.25) is 5.10 Å². The maximum absolute atomic E-state index is 5.69. The monoisotopic (exact) mass is 349 g/mol. The van der Waals surface area contributed by atoms with Crippen molar-refractivity contribution < 1.29 is 4.42 Å². The summed E-state index contributed by atoms with van der Waals surface area (Å²) in [4.78, 5) is 4.53. The minimum Gasteiger partial charge on any atom is -0.420 e. The van der Waals surface area contributed by atoms with E-state index in [1.165, 1.54) is 11.8 Å². The van der Waals surface area contributed by atoms with Gasteiger partial charge in [0.05, 0.1) is 5.75 Å². The molecule has 25 heavy (non-hydrogen) atoms. The van der Waals surface area contributed by atoms with Gasteiger partial charge in [0.1, 0.15) is 0 Å². The Balaban J connectivity index is 1.44. The predicted octanol–water partition coefficient (Wildman–Crippen LogP) is 4.12. The van der Waals surface area contributed by atoms with Crippen molar-refractivity contribution in [3.63, 3.8) is 0 Å². The Morgan fingerprint density at radius 2 is 1.80 bits per heavy atom. The van der Waals surface area contributed by atoms with Crippen molar-refractivity contribution in [3.05, 3.63) is 66.1 Å². The minimum absolute atomic E-state index is 0.519. The molecule has 2 aromatic carbocycles. The summed E-state index contributed by atoms with van der Waals surface area (Å²) in [6, 6.07) is 17.8. The Morgan fingerprint density at radius 1 is 1.00 bits per heavy atom. The van der Waals surface area contributed by atoms with E-state index in [9.17, 15) is 0 Å². The summed E-state index contributed by atoms with van der Waals surface area (Å²) < 4.78 is 5.69. The normalized spacial score (nSPS) is 10.9. The number of nitrogens with one attached hydrogen (secondary N) is 1. The molecule has 4 aromatic rings. The average molecular weight is 349 g/mol. The number of benzene rings is 2. The molecule has 0 aliphatic heterocycles. The van der Waals surface area contributed by atoms with E-state index in [-0.39, 0.29) is 0 Å². The standard InChI is InChI=1S/C18H15N5OS/c1-12-7-5-6-10-14(12)16-19-18(23-21-16)25-11-15-20-22-17(24-15)13-8-3-2-4-9-13/h2-10H,11H2,1H3,(H,19,21,23). The van der Waals surface area contributed by atoms with Gasteiger partial charge in [-0.05, 0) is 24.6 Å². The van der Waals surface area contributed by atoms with Gasteiger partial charge in [-0.15, -0.1) is 15.3 Å². The van der Waals surface area contributed by atoms with Crippen molar-refractivity contribution in [1.82, 2.24) is 25.4 Å². The highest BCUT2D eigenvalue weighted by molar-refractivity contribution is 7.98. The number of nitrogens with zero attached hydrogens (tertiary/aromatic N) is 4. The number of aromatic nitrogens is 5. The van der Waals surface area contributed by atoms with Crippen molar-refractivity contribution in [2.45, 2.75) is 17.8 Å². The second kappa shape index (κ2) is 6.90. The highest BCUT2D eigenvalue weighted by atomic mass is 32.2. The van der Waals surface area contributed by atoms with Crippen molar-refractivity contribution in [2.75, 3.05) is 0 Å². The Morgan fingerprint density at radius 3 is 2.64 bits per heavy atom. The summed E-state index contributed by atoms with van der Waals surface area (Å²) in [5.41, 5.74) is 3.11. The number of rotatable bonds is 5. The van der Waals surface area contributed by atoms with Crippen LogP contribution in [0.1, 0.15) is 11.5 Å². The zero-order chi connectivity index (χ0) is 17.1. The molecule has 7 heteroatoms. The summed E-state index contributed by atoms with van der Waals surface area (Å²) in [6.07, 6.45) is 0. The summed E-state index contributed by atoms with van der Waals surface area (Å²) in [5.74, 6) is 2.35. The van der Waals surface area contributed by atoms with Gasteiger partial charge in [-0.1, -0.05) is 54.2 Å². The van der Waals surface area contributed by atoms with E-state index >= 15 is 0 Å². The Labute approximate surface area is 148 Å². The first kappa shape index (κ1) is 15.6. The van der Waals surface area contributed by atoms with Crippen molar-refractivity contribution >= 4 is 11.8 Å². The van der Waals surface area contributed by atoms with Crippen LogP contribution < -0.4 is 0 Å². The largest absolute Gasteiger partial charge is 0.420 e. The van der Waals surface area contributed by atoms with Gasteiger partial charge in [-0.25, -0.2) is 4.98 Å². The van der Waals surface area contributed by atoms with E-state index in [1.807, 2.05) is 61.5 Å². The topological polar surface area (TPSA) is 80.5 Å². The first-order chi connectivity index (χ1) is 12.3. The first-order valence-electron chi connectivity index (χ1n) is 7.78. The van der Waals surface area contributed by atoms with Gasteiger partial charge >= 0.3 is 0 Å². The third-order valence-corrected chi connectivity index (χ3v) is 4.51. The van der Waals surface area contributed by atoms with Crippen LogP contribution >= 0.6 is 11.8 Å². The fourth-order valence-electron chi connectivity index (χ4n) is 2.41. The summed E-state index contributed by atoms with van der Waals surface area (Å²) in [7, 11) is 0. The molecule has 0 radical (unpaired) electrons. The molecule has 0 unspecified atom stereocenters. The third kappa shape index (κ3) is 3.46. The zero-order valence-electron chi connectivity index (χ0n) is 13.5. The van der Waals surface area contributed by atoms with E-state index in [0.29, 0.717) is 22.7 Å². The van der Waals surface area contributed by atoms with E-state index in [4.69, 9.17) is 4.42 Å². The number of hydrogen-bond donors (Lipinski definition) is 1. The van der Waals surface area contributed by atoms with Crippen LogP contribution in [-0.4, -0.2) is 25.4 Å². The molecule has 124 valence electrons. The van der Waals surface area contributed by atoms with Crippen molar-refractivity contribution in [1.29, 1.82) is 0 Å². The fourth-order valence-corrected chi connectivity index (χ4v) is 3.04. The summed E-state index contributed by atoms with van der Waals surface area (Å²) in [6.45, 7) is 2.05. The van der Waals surface area contributed by atoms with Crippen molar-refractivity contribution in [2.24, 2.45) is 0 Å². The first-order valence-corrected chi connectivity index (χ1v) is 8.77. The lowest BCUT2D eigenvalue weighted by Crippen LogP contribution is -1.85.